The Labute approximate surface area is 147 Å². The normalized spacial score (nSPS) is 10.3. The van der Waals surface area contributed by atoms with E-state index < -0.39 is 0 Å². The molecule has 3 nitrogen and oxygen atoms in total. The van der Waals surface area contributed by atoms with Crippen molar-refractivity contribution in [3.05, 3.63) is 95.6 Å². The monoisotopic (exact) mass is 332 g/mol. The van der Waals surface area contributed by atoms with Gasteiger partial charge in [-0.1, -0.05) is 42.5 Å². The van der Waals surface area contributed by atoms with Gasteiger partial charge < -0.3 is 9.47 Å². The molecule has 0 fully saturated rings. The molecule has 0 saturated heterocycles. The molecular weight excluding hydrogens is 312 g/mol. The Morgan fingerprint density at radius 1 is 0.720 bits per heavy atom. The zero-order valence-electron chi connectivity index (χ0n) is 14.1. The summed E-state index contributed by atoms with van der Waals surface area (Å²) in [6.07, 6.45) is 1.88. The van der Waals surface area contributed by atoms with Crippen LogP contribution in [0.3, 0.4) is 0 Å². The Morgan fingerprint density at radius 3 is 1.76 bits per heavy atom. The summed E-state index contributed by atoms with van der Waals surface area (Å²) in [5, 5.41) is 0. The van der Waals surface area contributed by atoms with E-state index in [1.54, 1.807) is 19.2 Å². The standard InChI is InChI=1S/C22H20O3/c1-24-20-13-9-17(10-14-20)7-8-18-11-15-21(16-12-18)25-22(23)19-5-3-2-4-6-19/h2-6,9-16H,7-8H2,1H3. The van der Waals surface area contributed by atoms with Crippen LogP contribution in [-0.2, 0) is 12.8 Å². The maximum absolute atomic E-state index is 12.0. The predicted octanol–water partition coefficient (Wildman–Crippen LogP) is 4.70. The predicted molar refractivity (Wildman–Crippen MR) is 98.2 cm³/mol. The molecule has 0 heterocycles. The van der Waals surface area contributed by atoms with E-state index in [1.165, 1.54) is 11.1 Å². The SMILES string of the molecule is COc1ccc(CCc2ccc(OC(=O)c3ccccc3)cc2)cc1. The van der Waals surface area contributed by atoms with Crippen LogP contribution >= 0.6 is 0 Å². The van der Waals surface area contributed by atoms with Crippen LogP contribution in [0, 0.1) is 0 Å². The van der Waals surface area contributed by atoms with Crippen LogP contribution < -0.4 is 9.47 Å². The van der Waals surface area contributed by atoms with Gasteiger partial charge in [-0.2, -0.15) is 0 Å². The minimum Gasteiger partial charge on any atom is -0.497 e. The first-order valence-electron chi connectivity index (χ1n) is 8.24. The summed E-state index contributed by atoms with van der Waals surface area (Å²) < 4.78 is 10.6. The lowest BCUT2D eigenvalue weighted by Gasteiger charge is -2.07. The van der Waals surface area contributed by atoms with Crippen molar-refractivity contribution in [2.75, 3.05) is 7.11 Å². The highest BCUT2D eigenvalue weighted by Crippen LogP contribution is 2.17. The van der Waals surface area contributed by atoms with Crippen molar-refractivity contribution in [1.29, 1.82) is 0 Å². The molecule has 0 radical (unpaired) electrons. The molecule has 0 aliphatic carbocycles. The smallest absolute Gasteiger partial charge is 0.343 e. The molecule has 126 valence electrons. The number of aryl methyl sites for hydroxylation is 2. The molecule has 0 N–H and O–H groups in total. The van der Waals surface area contributed by atoms with E-state index in [2.05, 4.69) is 12.1 Å². The molecule has 0 amide bonds. The van der Waals surface area contributed by atoms with Crippen LogP contribution in [0.1, 0.15) is 21.5 Å². The summed E-state index contributed by atoms with van der Waals surface area (Å²) in [6, 6.07) is 24.8. The van der Waals surface area contributed by atoms with Gasteiger partial charge >= 0.3 is 5.97 Å². The quantitative estimate of drug-likeness (QED) is 0.485. The molecular formula is C22H20O3. The van der Waals surface area contributed by atoms with Gasteiger partial charge in [-0.15, -0.1) is 0 Å². The number of methoxy groups -OCH3 is 1. The third-order valence-electron chi connectivity index (χ3n) is 4.00. The van der Waals surface area contributed by atoms with E-state index in [0.29, 0.717) is 11.3 Å². The largest absolute Gasteiger partial charge is 0.497 e. The van der Waals surface area contributed by atoms with Gasteiger partial charge in [0.2, 0.25) is 0 Å². The number of benzene rings is 3. The number of carbonyl (C=O) groups is 1. The van der Waals surface area contributed by atoms with Gasteiger partial charge in [0, 0.05) is 0 Å². The molecule has 0 aromatic heterocycles. The van der Waals surface area contributed by atoms with Crippen molar-refractivity contribution in [3.63, 3.8) is 0 Å². The van der Waals surface area contributed by atoms with E-state index >= 15 is 0 Å². The van der Waals surface area contributed by atoms with Crippen LogP contribution in [0.4, 0.5) is 0 Å². The fourth-order valence-electron chi connectivity index (χ4n) is 2.55. The average Bonchev–Trinajstić information content (AvgIpc) is 2.68. The number of carbonyl (C=O) groups excluding carboxylic acids is 1. The minimum atomic E-state index is -0.341. The van der Waals surface area contributed by atoms with Crippen LogP contribution in [0.25, 0.3) is 0 Å². The molecule has 3 aromatic carbocycles. The number of esters is 1. The molecule has 0 saturated carbocycles. The number of ether oxygens (including phenoxy) is 2. The van der Waals surface area contributed by atoms with Gasteiger partial charge in [0.25, 0.3) is 0 Å². The van der Waals surface area contributed by atoms with Crippen LogP contribution in [0.2, 0.25) is 0 Å². The fraction of sp³-hybridized carbons (Fsp3) is 0.136. The number of hydrogen-bond acceptors (Lipinski definition) is 3. The maximum atomic E-state index is 12.0. The molecule has 3 rings (SSSR count). The molecule has 0 unspecified atom stereocenters. The zero-order valence-corrected chi connectivity index (χ0v) is 14.1. The minimum absolute atomic E-state index is 0.341. The molecule has 0 atom stereocenters. The van der Waals surface area contributed by atoms with Crippen molar-refractivity contribution < 1.29 is 14.3 Å². The highest BCUT2D eigenvalue weighted by Gasteiger charge is 2.07. The van der Waals surface area contributed by atoms with Gasteiger partial charge in [0.1, 0.15) is 11.5 Å². The summed E-state index contributed by atoms with van der Waals surface area (Å²) in [5.41, 5.74) is 3.02. The Hall–Kier alpha value is -3.07. The second kappa shape index (κ2) is 8.15. The number of hydrogen-bond donors (Lipinski definition) is 0. The summed E-state index contributed by atoms with van der Waals surface area (Å²) in [4.78, 5) is 12.0. The molecule has 0 aliphatic heterocycles. The van der Waals surface area contributed by atoms with Crippen molar-refractivity contribution in [1.82, 2.24) is 0 Å². The van der Waals surface area contributed by atoms with Crippen LogP contribution in [-0.4, -0.2) is 13.1 Å². The van der Waals surface area contributed by atoms with Crippen molar-refractivity contribution in [2.24, 2.45) is 0 Å². The Kier molecular flexibility index (Phi) is 5.47. The fourth-order valence-corrected chi connectivity index (χ4v) is 2.55. The van der Waals surface area contributed by atoms with Gasteiger partial charge in [0.05, 0.1) is 12.7 Å². The van der Waals surface area contributed by atoms with Gasteiger partial charge in [-0.25, -0.2) is 4.79 Å². The first kappa shape index (κ1) is 16.8. The topological polar surface area (TPSA) is 35.5 Å². The van der Waals surface area contributed by atoms with Crippen LogP contribution in [0.15, 0.2) is 78.9 Å². The third kappa shape index (κ3) is 4.70. The summed E-state index contributed by atoms with van der Waals surface area (Å²) in [6.45, 7) is 0. The van der Waals surface area contributed by atoms with E-state index in [-0.39, 0.29) is 5.97 Å². The molecule has 0 aliphatic rings. The van der Waals surface area contributed by atoms with Crippen molar-refractivity contribution in [2.45, 2.75) is 12.8 Å². The van der Waals surface area contributed by atoms with E-state index in [9.17, 15) is 4.79 Å². The molecule has 3 aromatic rings. The number of rotatable bonds is 6. The van der Waals surface area contributed by atoms with E-state index in [0.717, 1.165) is 18.6 Å². The average molecular weight is 332 g/mol. The van der Waals surface area contributed by atoms with E-state index in [4.69, 9.17) is 9.47 Å². The Morgan fingerprint density at radius 2 is 1.24 bits per heavy atom. The Bertz CT molecular complexity index is 806. The molecule has 0 spiro atoms. The van der Waals surface area contributed by atoms with Crippen molar-refractivity contribution >= 4 is 5.97 Å². The first-order valence-corrected chi connectivity index (χ1v) is 8.24. The van der Waals surface area contributed by atoms with Gasteiger partial charge in [-0.05, 0) is 60.4 Å². The summed E-state index contributed by atoms with van der Waals surface area (Å²) in [7, 11) is 1.67. The molecule has 25 heavy (non-hydrogen) atoms. The second-order valence-corrected chi connectivity index (χ2v) is 5.75. The zero-order chi connectivity index (χ0) is 17.5. The highest BCUT2D eigenvalue weighted by atomic mass is 16.5. The maximum Gasteiger partial charge on any atom is 0.343 e. The van der Waals surface area contributed by atoms with Gasteiger partial charge in [-0.3, -0.25) is 0 Å². The molecule has 3 heteroatoms. The van der Waals surface area contributed by atoms with Gasteiger partial charge in [0.15, 0.2) is 0 Å². The van der Waals surface area contributed by atoms with E-state index in [1.807, 2.05) is 54.6 Å². The Balaban J connectivity index is 1.55. The lowest BCUT2D eigenvalue weighted by Crippen LogP contribution is -2.08. The third-order valence-corrected chi connectivity index (χ3v) is 4.00. The first-order chi connectivity index (χ1) is 12.2. The lowest BCUT2D eigenvalue weighted by atomic mass is 10.0. The second-order valence-electron chi connectivity index (χ2n) is 5.75. The van der Waals surface area contributed by atoms with Crippen molar-refractivity contribution in [3.8, 4) is 11.5 Å². The molecule has 0 bridgehead atoms. The highest BCUT2D eigenvalue weighted by molar-refractivity contribution is 5.90. The van der Waals surface area contributed by atoms with Crippen LogP contribution in [0.5, 0.6) is 11.5 Å². The lowest BCUT2D eigenvalue weighted by molar-refractivity contribution is 0.0734. The summed E-state index contributed by atoms with van der Waals surface area (Å²) in [5.74, 6) is 1.09. The summed E-state index contributed by atoms with van der Waals surface area (Å²) >= 11 is 0.